The number of aromatic amines is 1. The van der Waals surface area contributed by atoms with Crippen LogP contribution in [0.15, 0.2) is 15.8 Å². The molecule has 1 aromatic rings. The molecule has 0 aromatic carbocycles. The average molecular weight is 427 g/mol. The summed E-state index contributed by atoms with van der Waals surface area (Å²) >= 11 is 0. The smallest absolute Gasteiger partial charge is 0.330 e. The number of aromatic nitrogens is 2. The van der Waals surface area contributed by atoms with Crippen LogP contribution in [-0.4, -0.2) is 74.0 Å². The van der Waals surface area contributed by atoms with Gasteiger partial charge in [-0.25, -0.2) is 4.79 Å². The zero-order valence-electron chi connectivity index (χ0n) is 18.4. The normalized spacial score (nSPS) is 31.9. The highest BCUT2D eigenvalue weighted by Gasteiger charge is 2.53. The lowest BCUT2D eigenvalue weighted by molar-refractivity contribution is -0.331. The molecule has 2 fully saturated rings. The summed E-state index contributed by atoms with van der Waals surface area (Å²) in [4.78, 5) is 32.8. The van der Waals surface area contributed by atoms with E-state index in [4.69, 9.17) is 14.3 Å². The van der Waals surface area contributed by atoms with Crippen LogP contribution in [0.25, 0.3) is 0 Å². The highest BCUT2D eigenvalue weighted by atomic mass is 16.7. The van der Waals surface area contributed by atoms with Crippen molar-refractivity contribution in [2.24, 2.45) is 0 Å². The Morgan fingerprint density at radius 2 is 1.83 bits per heavy atom. The van der Waals surface area contributed by atoms with Crippen molar-refractivity contribution >= 4 is 0 Å². The molecule has 0 spiro atoms. The van der Waals surface area contributed by atoms with Gasteiger partial charge in [0.25, 0.3) is 5.56 Å². The molecule has 0 unspecified atom stereocenters. The number of aliphatic hydroxyl groups is 2. The van der Waals surface area contributed by atoms with Crippen LogP contribution in [0.5, 0.6) is 0 Å². The van der Waals surface area contributed by atoms with E-state index in [2.05, 4.69) is 4.98 Å². The van der Waals surface area contributed by atoms with E-state index in [0.717, 1.165) is 0 Å². The minimum atomic E-state index is -1.18. The maximum Gasteiger partial charge on any atom is 0.330 e. The van der Waals surface area contributed by atoms with Crippen LogP contribution in [0.4, 0.5) is 0 Å². The second kappa shape index (κ2) is 8.18. The van der Waals surface area contributed by atoms with E-state index in [1.165, 1.54) is 10.8 Å². The molecule has 30 heavy (non-hydrogen) atoms. The van der Waals surface area contributed by atoms with E-state index in [0.29, 0.717) is 18.4 Å². The molecule has 3 heterocycles. The van der Waals surface area contributed by atoms with Gasteiger partial charge in [-0.05, 0) is 47.5 Å². The van der Waals surface area contributed by atoms with Crippen molar-refractivity contribution in [3.63, 3.8) is 0 Å². The van der Waals surface area contributed by atoms with Gasteiger partial charge in [-0.15, -0.1) is 0 Å². The fourth-order valence-corrected chi connectivity index (χ4v) is 4.73. The van der Waals surface area contributed by atoms with Crippen molar-refractivity contribution in [3.8, 4) is 0 Å². The number of nitrogens with zero attached hydrogens (tertiary/aromatic N) is 2. The summed E-state index contributed by atoms with van der Waals surface area (Å²) < 4.78 is 12.6. The summed E-state index contributed by atoms with van der Waals surface area (Å²) in [5, 5.41) is 22.3. The van der Waals surface area contributed by atoms with Crippen LogP contribution in [0, 0.1) is 6.92 Å². The molecule has 0 amide bonds. The number of hydroxylamine groups is 2. The number of hydrogen-bond donors (Lipinski definition) is 3. The summed E-state index contributed by atoms with van der Waals surface area (Å²) in [7, 11) is 1.69. The van der Waals surface area contributed by atoms with Gasteiger partial charge in [0.2, 0.25) is 0 Å². The van der Waals surface area contributed by atoms with Gasteiger partial charge in [-0.2, -0.15) is 5.06 Å². The Morgan fingerprint density at radius 1 is 1.23 bits per heavy atom. The highest BCUT2D eigenvalue weighted by molar-refractivity contribution is 5.04. The fraction of sp³-hybridized carbons (Fsp3) is 0.800. The van der Waals surface area contributed by atoms with Gasteiger partial charge in [0.15, 0.2) is 12.3 Å². The number of hydrogen-bond acceptors (Lipinski definition) is 8. The van der Waals surface area contributed by atoms with Crippen LogP contribution in [0.2, 0.25) is 0 Å². The van der Waals surface area contributed by atoms with Gasteiger partial charge >= 0.3 is 5.69 Å². The first-order valence-corrected chi connectivity index (χ1v) is 10.2. The third kappa shape index (κ3) is 4.12. The molecule has 3 N–H and O–H groups in total. The maximum absolute atomic E-state index is 12.5. The molecule has 0 radical (unpaired) electrons. The van der Waals surface area contributed by atoms with Gasteiger partial charge in [0.1, 0.15) is 12.2 Å². The predicted octanol–water partition coefficient (Wildman–Crippen LogP) is 0.0638. The van der Waals surface area contributed by atoms with E-state index < -0.39 is 53.5 Å². The number of aryl methyl sites for hydroxylation is 1. The van der Waals surface area contributed by atoms with E-state index in [1.807, 2.05) is 32.8 Å². The Bertz CT molecular complexity index is 860. The molecule has 2 saturated heterocycles. The zero-order chi connectivity index (χ0) is 22.4. The van der Waals surface area contributed by atoms with Gasteiger partial charge in [0, 0.05) is 29.9 Å². The molecule has 2 aliphatic rings. The first-order chi connectivity index (χ1) is 13.9. The Labute approximate surface area is 175 Å². The van der Waals surface area contributed by atoms with E-state index in [9.17, 15) is 19.8 Å². The number of aliphatic hydroxyl groups excluding tert-OH is 2. The van der Waals surface area contributed by atoms with Gasteiger partial charge in [0.05, 0.1) is 12.7 Å². The molecule has 2 aliphatic heterocycles. The topological polar surface area (TPSA) is 126 Å². The molecule has 3 rings (SSSR count). The Morgan fingerprint density at radius 3 is 2.37 bits per heavy atom. The van der Waals surface area contributed by atoms with Crippen LogP contribution >= 0.6 is 0 Å². The minimum Gasteiger partial charge on any atom is -0.394 e. The number of ether oxygens (including phenoxy) is 2. The molecule has 1 aromatic heterocycles. The standard InChI is InChI=1S/C20H33N3O7/c1-11-9-22(18(27)21-16(11)26)17-15(14(25)13(10-24)29-17)30-23-19(2,3)7-12(28-6)8-20(23,4)5/h9,12-15,17,24-25H,7-8,10H2,1-6H3,(H,21,26,27)/t13-,14-,15-,17-/m1/s1. The van der Waals surface area contributed by atoms with Crippen molar-refractivity contribution in [1.29, 1.82) is 0 Å². The third-order valence-corrected chi connectivity index (χ3v) is 6.03. The molecule has 10 heteroatoms. The monoisotopic (exact) mass is 427 g/mol. The van der Waals surface area contributed by atoms with E-state index >= 15 is 0 Å². The van der Waals surface area contributed by atoms with E-state index in [-0.39, 0.29) is 6.10 Å². The largest absolute Gasteiger partial charge is 0.394 e. The van der Waals surface area contributed by atoms with Gasteiger partial charge in [-0.3, -0.25) is 19.2 Å². The summed E-state index contributed by atoms with van der Waals surface area (Å²) in [5.41, 5.74) is -1.71. The SMILES string of the molecule is COC1CC(C)(C)N(O[C@@H]2[C@H](O)[C@@H](CO)O[C@H]2n2cc(C)c(=O)[nH]c2=O)C(C)(C)C1. The minimum absolute atomic E-state index is 0.0602. The number of methoxy groups -OCH3 is 1. The maximum atomic E-state index is 12.5. The van der Waals surface area contributed by atoms with Crippen LogP contribution in [0.3, 0.4) is 0 Å². The molecular weight excluding hydrogens is 394 g/mol. The first kappa shape index (κ1) is 23.1. The van der Waals surface area contributed by atoms with E-state index in [1.54, 1.807) is 14.0 Å². The highest BCUT2D eigenvalue weighted by Crippen LogP contribution is 2.42. The molecule has 4 atom stereocenters. The summed E-state index contributed by atoms with van der Waals surface area (Å²) in [6.07, 6.45) is -1.24. The van der Waals surface area contributed by atoms with Crippen molar-refractivity contribution in [2.75, 3.05) is 13.7 Å². The van der Waals surface area contributed by atoms with Gasteiger partial charge < -0.3 is 19.7 Å². The molecule has 0 aliphatic carbocycles. The average Bonchev–Trinajstić information content (AvgIpc) is 2.96. The van der Waals surface area contributed by atoms with Crippen LogP contribution in [0.1, 0.15) is 52.3 Å². The molecule has 10 nitrogen and oxygen atoms in total. The zero-order valence-corrected chi connectivity index (χ0v) is 18.4. The molecular formula is C20H33N3O7. The Kier molecular flexibility index (Phi) is 6.30. The van der Waals surface area contributed by atoms with Crippen molar-refractivity contribution in [1.82, 2.24) is 14.6 Å². The van der Waals surface area contributed by atoms with Crippen LogP contribution < -0.4 is 11.2 Å². The summed E-state index contributed by atoms with van der Waals surface area (Å²) in [5.74, 6) is 0. The molecule has 0 saturated carbocycles. The first-order valence-electron chi connectivity index (χ1n) is 10.2. The summed E-state index contributed by atoms with van der Waals surface area (Å²) in [6, 6.07) is 0. The lowest BCUT2D eigenvalue weighted by atomic mass is 9.80. The molecule has 0 bridgehead atoms. The second-order valence-electron chi connectivity index (χ2n) is 9.47. The number of H-pyrrole nitrogens is 1. The number of nitrogens with one attached hydrogen (secondary N) is 1. The third-order valence-electron chi connectivity index (χ3n) is 6.03. The van der Waals surface area contributed by atoms with Gasteiger partial charge in [-0.1, -0.05) is 0 Å². The lowest BCUT2D eigenvalue weighted by Gasteiger charge is -2.54. The Hall–Kier alpha value is -1.56. The second-order valence-corrected chi connectivity index (χ2v) is 9.47. The number of piperidine rings is 1. The number of rotatable bonds is 5. The predicted molar refractivity (Wildman–Crippen MR) is 108 cm³/mol. The Balaban J connectivity index is 1.98. The van der Waals surface area contributed by atoms with Crippen molar-refractivity contribution in [2.45, 2.75) is 89.2 Å². The summed E-state index contributed by atoms with van der Waals surface area (Å²) in [6.45, 7) is 9.23. The van der Waals surface area contributed by atoms with Crippen molar-refractivity contribution in [3.05, 3.63) is 32.6 Å². The fourth-order valence-electron chi connectivity index (χ4n) is 4.73. The lowest BCUT2D eigenvalue weighted by Crippen LogP contribution is -2.63. The molecule has 170 valence electrons. The van der Waals surface area contributed by atoms with Crippen LogP contribution in [-0.2, 0) is 14.3 Å². The quantitative estimate of drug-likeness (QED) is 0.602. The van der Waals surface area contributed by atoms with Crippen molar-refractivity contribution < 1.29 is 24.5 Å².